The normalized spacial score (nSPS) is 14.2. The number of nitrogens with zero attached hydrogens (tertiary/aromatic N) is 4. The number of benzene rings is 9. The summed E-state index contributed by atoms with van der Waals surface area (Å²) >= 11 is 0. The van der Waals surface area contributed by atoms with E-state index in [1.807, 2.05) is 48.5 Å². The standard InChI is InChI=1S/C62H40N4O3/c1-61(2)56-57(62(3,4)69-61)60(66-49-27-25-38(36-18-10-7-11-19-36)29-42(49)44-31-46-40-21-13-15-23-53(40)68-55(46)33-51(44)66)58(64-5)47(34-63)59(56)65-48-26-24-37(35-16-8-6-9-17-35)28-41(48)43-30-45-39-20-12-14-22-52(39)67-54(45)32-50(43)65/h6-33H,1-4H3. The summed E-state index contributed by atoms with van der Waals surface area (Å²) in [6.45, 7) is 17.5. The van der Waals surface area contributed by atoms with Gasteiger partial charge in [0, 0.05) is 66.3 Å². The minimum absolute atomic E-state index is 0.247. The van der Waals surface area contributed by atoms with E-state index in [1.165, 1.54) is 0 Å². The summed E-state index contributed by atoms with van der Waals surface area (Å²) in [6, 6.07) is 61.5. The van der Waals surface area contributed by atoms with E-state index < -0.39 is 11.2 Å². The summed E-state index contributed by atoms with van der Waals surface area (Å²) in [5.41, 5.74) is 12.6. The van der Waals surface area contributed by atoms with E-state index in [-0.39, 0.29) is 11.3 Å². The molecule has 0 saturated heterocycles. The number of rotatable bonds is 4. The molecule has 1 aliphatic heterocycles. The second kappa shape index (κ2) is 13.8. The average molecular weight is 889 g/mol. The Bertz CT molecular complexity index is 4190. The van der Waals surface area contributed by atoms with E-state index in [4.69, 9.17) is 13.6 Å². The molecule has 14 rings (SSSR count). The quantitative estimate of drug-likeness (QED) is 0.165. The number of hydrogen-bond donors (Lipinski definition) is 0. The Kier molecular flexibility index (Phi) is 7.88. The van der Waals surface area contributed by atoms with Gasteiger partial charge >= 0.3 is 0 Å². The molecule has 0 fully saturated rings. The van der Waals surface area contributed by atoms with Gasteiger partial charge in [-0.1, -0.05) is 109 Å². The van der Waals surface area contributed by atoms with Crippen LogP contribution in [-0.4, -0.2) is 9.13 Å². The highest BCUT2D eigenvalue weighted by Gasteiger charge is 2.49. The fraction of sp³-hybridized carbons (Fsp3) is 0.0968. The SMILES string of the molecule is [C-]#[N+]c1c(C#N)c(-n2c3ccc(-c4ccccc4)cc3c3cc4c(cc32)oc2ccccc24)c2c(c1-n1c3ccc(-c4ccccc4)cc3c3cc4c(cc31)oc1ccccc14)C(C)(C)OC2(C)C. The van der Waals surface area contributed by atoms with Crippen molar-refractivity contribution in [2.75, 3.05) is 0 Å². The minimum atomic E-state index is -0.920. The molecule has 0 spiro atoms. The first-order chi connectivity index (χ1) is 33.6. The summed E-state index contributed by atoms with van der Waals surface area (Å²) in [4.78, 5) is 4.42. The van der Waals surface area contributed by atoms with Gasteiger partial charge in [0.2, 0.25) is 5.69 Å². The van der Waals surface area contributed by atoms with Crippen LogP contribution in [-0.2, 0) is 15.9 Å². The van der Waals surface area contributed by atoms with Crippen molar-refractivity contribution in [2.24, 2.45) is 0 Å². The molecule has 13 aromatic rings. The summed E-state index contributed by atoms with van der Waals surface area (Å²) in [5, 5.41) is 20.0. The van der Waals surface area contributed by atoms with E-state index in [9.17, 15) is 11.8 Å². The fourth-order valence-electron chi connectivity index (χ4n) is 11.9. The zero-order chi connectivity index (χ0) is 46.5. The Morgan fingerprint density at radius 2 is 0.870 bits per heavy atom. The van der Waals surface area contributed by atoms with E-state index >= 15 is 0 Å². The predicted octanol–water partition coefficient (Wildman–Crippen LogP) is 16.9. The smallest absolute Gasteiger partial charge is 0.230 e. The van der Waals surface area contributed by atoms with Crippen LogP contribution < -0.4 is 0 Å². The van der Waals surface area contributed by atoms with E-state index in [2.05, 4.69) is 169 Å². The molecule has 0 bridgehead atoms. The molecule has 326 valence electrons. The third-order valence-corrected chi connectivity index (χ3v) is 14.5. The largest absolute Gasteiger partial charge is 0.456 e. The van der Waals surface area contributed by atoms with Crippen LogP contribution in [0.2, 0.25) is 0 Å². The van der Waals surface area contributed by atoms with Gasteiger partial charge in [0.25, 0.3) is 0 Å². The Balaban J connectivity index is 1.15. The molecule has 0 amide bonds. The van der Waals surface area contributed by atoms with Gasteiger partial charge < -0.3 is 22.7 Å². The highest BCUT2D eigenvalue weighted by molar-refractivity contribution is 6.20. The molecule has 7 nitrogen and oxygen atoms in total. The fourth-order valence-corrected chi connectivity index (χ4v) is 11.9. The molecule has 7 heteroatoms. The van der Waals surface area contributed by atoms with Crippen molar-refractivity contribution in [1.82, 2.24) is 9.13 Å². The highest BCUT2D eigenvalue weighted by Crippen LogP contribution is 2.58. The number of nitriles is 1. The van der Waals surface area contributed by atoms with Crippen molar-refractivity contribution >= 4 is 93.2 Å². The monoisotopic (exact) mass is 888 g/mol. The zero-order valence-corrected chi connectivity index (χ0v) is 38.2. The maximum atomic E-state index is 11.8. The van der Waals surface area contributed by atoms with Crippen LogP contribution >= 0.6 is 0 Å². The highest BCUT2D eigenvalue weighted by atomic mass is 16.5. The van der Waals surface area contributed by atoms with Crippen molar-refractivity contribution in [3.05, 3.63) is 198 Å². The van der Waals surface area contributed by atoms with Crippen LogP contribution in [0.5, 0.6) is 0 Å². The van der Waals surface area contributed by atoms with Crippen LogP contribution in [0.1, 0.15) is 44.4 Å². The van der Waals surface area contributed by atoms with Crippen molar-refractivity contribution in [3.63, 3.8) is 0 Å². The maximum absolute atomic E-state index is 11.8. The minimum Gasteiger partial charge on any atom is -0.456 e. The molecular weight excluding hydrogens is 849 g/mol. The van der Waals surface area contributed by atoms with Crippen LogP contribution in [0.25, 0.3) is 126 Å². The number of aromatic nitrogens is 2. The second-order valence-corrected chi connectivity index (χ2v) is 19.3. The molecule has 0 saturated carbocycles. The first-order valence-electron chi connectivity index (χ1n) is 23.2. The summed E-state index contributed by atoms with van der Waals surface area (Å²) < 4.78 is 24.8. The van der Waals surface area contributed by atoms with Gasteiger partial charge in [-0.05, 0) is 98.5 Å². The molecule has 0 radical (unpaired) electrons. The molecule has 0 unspecified atom stereocenters. The number of furan rings is 2. The van der Waals surface area contributed by atoms with Gasteiger partial charge in [-0.25, -0.2) is 4.85 Å². The first kappa shape index (κ1) is 39.3. The lowest BCUT2D eigenvalue weighted by atomic mass is 9.84. The van der Waals surface area contributed by atoms with Gasteiger partial charge in [-0.2, -0.15) is 5.26 Å². The Morgan fingerprint density at radius 3 is 1.35 bits per heavy atom. The molecule has 4 aromatic heterocycles. The topological polar surface area (TPSA) is 73.5 Å². The van der Waals surface area contributed by atoms with Crippen molar-refractivity contribution in [3.8, 4) is 39.7 Å². The summed E-state index contributed by atoms with van der Waals surface area (Å²) in [5.74, 6) is 0. The Morgan fingerprint density at radius 1 is 0.435 bits per heavy atom. The molecular formula is C62H40N4O3. The number of para-hydroxylation sites is 2. The van der Waals surface area contributed by atoms with Crippen LogP contribution in [0.4, 0.5) is 5.69 Å². The molecule has 0 N–H and O–H groups in total. The summed E-state index contributed by atoms with van der Waals surface area (Å²) in [7, 11) is 0. The van der Waals surface area contributed by atoms with Crippen LogP contribution in [0.3, 0.4) is 0 Å². The Hall–Kier alpha value is -8.88. The van der Waals surface area contributed by atoms with Crippen LogP contribution in [0, 0.1) is 17.9 Å². The lowest BCUT2D eigenvalue weighted by molar-refractivity contribution is -0.105. The first-order valence-corrected chi connectivity index (χ1v) is 23.2. The molecule has 9 aromatic carbocycles. The predicted molar refractivity (Wildman–Crippen MR) is 279 cm³/mol. The van der Waals surface area contributed by atoms with Crippen molar-refractivity contribution in [2.45, 2.75) is 38.9 Å². The molecule has 0 atom stereocenters. The zero-order valence-electron chi connectivity index (χ0n) is 38.2. The Labute approximate surface area is 396 Å². The molecule has 5 heterocycles. The lowest BCUT2D eigenvalue weighted by Gasteiger charge is -2.26. The number of hydrogen-bond acceptors (Lipinski definition) is 4. The average Bonchev–Trinajstić information content (AvgIpc) is 4.14. The number of fused-ring (bicyclic) bond motifs is 13. The molecule has 69 heavy (non-hydrogen) atoms. The van der Waals surface area contributed by atoms with E-state index in [1.54, 1.807) is 0 Å². The van der Waals surface area contributed by atoms with Crippen molar-refractivity contribution < 1.29 is 13.6 Å². The number of ether oxygens (including phenoxy) is 1. The van der Waals surface area contributed by atoms with Crippen molar-refractivity contribution in [1.29, 1.82) is 5.26 Å². The molecule has 0 aliphatic carbocycles. The van der Waals surface area contributed by atoms with Gasteiger partial charge in [-0.15, -0.1) is 0 Å². The lowest BCUT2D eigenvalue weighted by Crippen LogP contribution is -2.23. The maximum Gasteiger partial charge on any atom is 0.230 e. The van der Waals surface area contributed by atoms with Crippen LogP contribution in [0.15, 0.2) is 179 Å². The third kappa shape index (κ3) is 5.39. The van der Waals surface area contributed by atoms with Gasteiger partial charge in [0.15, 0.2) is 0 Å². The van der Waals surface area contributed by atoms with Gasteiger partial charge in [-0.3, -0.25) is 0 Å². The van der Waals surface area contributed by atoms with Gasteiger partial charge in [0.1, 0.15) is 22.3 Å². The van der Waals surface area contributed by atoms with E-state index in [0.29, 0.717) is 11.4 Å². The van der Waals surface area contributed by atoms with Gasteiger partial charge in [0.05, 0.1) is 62.8 Å². The summed E-state index contributed by atoms with van der Waals surface area (Å²) in [6.07, 6.45) is 0. The third-order valence-electron chi connectivity index (χ3n) is 14.5. The van der Waals surface area contributed by atoms with E-state index in [0.717, 1.165) is 121 Å². The second-order valence-electron chi connectivity index (χ2n) is 19.3. The molecule has 1 aliphatic rings.